The van der Waals surface area contributed by atoms with E-state index < -0.39 is 17.0 Å². The minimum atomic E-state index is -0.971. The molecule has 1 N–H and O–H groups in total. The lowest BCUT2D eigenvalue weighted by Gasteiger charge is -2.27. The maximum absolute atomic E-state index is 12.5. The molecule has 0 radical (unpaired) electrons. The number of ether oxygens (including phenoxy) is 1. The highest BCUT2D eigenvalue weighted by atomic mass is 16.6. The van der Waals surface area contributed by atoms with Crippen LogP contribution in [0.1, 0.15) is 47.3 Å². The highest BCUT2D eigenvalue weighted by molar-refractivity contribution is 5.92. The minimum absolute atomic E-state index is 0.0945. The summed E-state index contributed by atoms with van der Waals surface area (Å²) in [6.45, 7) is 1.51. The molecular formula is C20H20N2O5. The number of carbonyl (C=O) groups excluding carboxylic acids is 2. The summed E-state index contributed by atoms with van der Waals surface area (Å²) in [5.41, 5.74) is 2.37. The van der Waals surface area contributed by atoms with Crippen LogP contribution in [0.2, 0.25) is 0 Å². The lowest BCUT2D eigenvalue weighted by atomic mass is 9.87. The second kappa shape index (κ2) is 7.99. The zero-order chi connectivity index (χ0) is 19.4. The average Bonchev–Trinajstić information content (AvgIpc) is 2.68. The Balaban J connectivity index is 1.61. The number of hydrogen-bond donors (Lipinski definition) is 1. The van der Waals surface area contributed by atoms with Crippen LogP contribution in [0, 0.1) is 10.1 Å². The molecule has 1 amide bonds. The fraction of sp³-hybridized carbons (Fsp3) is 0.300. The molecule has 2 aromatic rings. The number of fused-ring (bicyclic) bond motifs is 1. The van der Waals surface area contributed by atoms with Gasteiger partial charge in [0.2, 0.25) is 0 Å². The minimum Gasteiger partial charge on any atom is -0.449 e. The molecule has 0 fully saturated rings. The molecule has 0 unspecified atom stereocenters. The molecule has 0 bridgehead atoms. The number of nitrogens with zero attached hydrogens (tertiary/aromatic N) is 1. The van der Waals surface area contributed by atoms with Gasteiger partial charge in [-0.3, -0.25) is 14.9 Å². The van der Waals surface area contributed by atoms with Gasteiger partial charge in [0, 0.05) is 12.1 Å². The first-order valence-corrected chi connectivity index (χ1v) is 8.79. The number of nitro groups is 1. The van der Waals surface area contributed by atoms with Crippen molar-refractivity contribution in [3.63, 3.8) is 0 Å². The monoisotopic (exact) mass is 368 g/mol. The first-order valence-electron chi connectivity index (χ1n) is 8.79. The molecule has 27 heavy (non-hydrogen) atoms. The molecule has 7 nitrogen and oxygen atoms in total. The summed E-state index contributed by atoms with van der Waals surface area (Å²) in [5.74, 6) is -1.07. The van der Waals surface area contributed by atoms with Crippen LogP contribution < -0.4 is 5.32 Å². The van der Waals surface area contributed by atoms with E-state index in [9.17, 15) is 19.7 Å². The smallest absolute Gasteiger partial charge is 0.338 e. The summed E-state index contributed by atoms with van der Waals surface area (Å²) < 4.78 is 5.21. The summed E-state index contributed by atoms with van der Waals surface area (Å²) >= 11 is 0. The van der Waals surface area contributed by atoms with Crippen molar-refractivity contribution < 1.29 is 19.2 Å². The van der Waals surface area contributed by atoms with E-state index in [-0.39, 0.29) is 23.2 Å². The van der Waals surface area contributed by atoms with Crippen LogP contribution in [-0.4, -0.2) is 22.9 Å². The van der Waals surface area contributed by atoms with Crippen molar-refractivity contribution in [1.29, 1.82) is 0 Å². The maximum atomic E-state index is 12.5. The van der Waals surface area contributed by atoms with E-state index in [1.165, 1.54) is 36.8 Å². The Morgan fingerprint density at radius 3 is 2.59 bits per heavy atom. The van der Waals surface area contributed by atoms with Gasteiger partial charge in [0.1, 0.15) is 0 Å². The van der Waals surface area contributed by atoms with E-state index in [0.29, 0.717) is 0 Å². The molecule has 2 atom stereocenters. The zero-order valence-corrected chi connectivity index (χ0v) is 14.9. The number of aryl methyl sites for hydroxylation is 1. The van der Waals surface area contributed by atoms with E-state index in [1.54, 1.807) is 0 Å². The van der Waals surface area contributed by atoms with Gasteiger partial charge in [-0.1, -0.05) is 24.3 Å². The topological polar surface area (TPSA) is 98.5 Å². The maximum Gasteiger partial charge on any atom is 0.338 e. The molecule has 0 aromatic heterocycles. The molecule has 140 valence electrons. The van der Waals surface area contributed by atoms with Gasteiger partial charge in [-0.25, -0.2) is 4.79 Å². The Labute approximate surface area is 156 Å². The number of hydrogen-bond acceptors (Lipinski definition) is 5. The molecule has 0 aliphatic heterocycles. The number of carbonyl (C=O) groups is 2. The molecule has 1 aliphatic rings. The van der Waals surface area contributed by atoms with Gasteiger partial charge >= 0.3 is 5.97 Å². The summed E-state index contributed by atoms with van der Waals surface area (Å²) in [7, 11) is 0. The molecule has 0 spiro atoms. The number of nitrogens with one attached hydrogen (secondary N) is 1. The van der Waals surface area contributed by atoms with Crippen LogP contribution in [0.15, 0.2) is 48.5 Å². The molecular weight excluding hydrogens is 348 g/mol. The van der Waals surface area contributed by atoms with Gasteiger partial charge < -0.3 is 10.1 Å². The Hall–Kier alpha value is -3.22. The lowest BCUT2D eigenvalue weighted by molar-refractivity contribution is -0.384. The number of esters is 1. The van der Waals surface area contributed by atoms with Crippen LogP contribution in [0.4, 0.5) is 5.69 Å². The van der Waals surface area contributed by atoms with Crippen LogP contribution in [0.3, 0.4) is 0 Å². The third kappa shape index (κ3) is 4.31. The lowest BCUT2D eigenvalue weighted by Crippen LogP contribution is -2.39. The molecule has 1 aliphatic carbocycles. The second-order valence-electron chi connectivity index (χ2n) is 6.50. The molecule has 7 heteroatoms. The average molecular weight is 368 g/mol. The summed E-state index contributed by atoms with van der Waals surface area (Å²) in [6.07, 6.45) is 1.85. The molecule has 0 heterocycles. The van der Waals surface area contributed by atoms with E-state index >= 15 is 0 Å². The van der Waals surface area contributed by atoms with Gasteiger partial charge in [-0.2, -0.15) is 0 Å². The molecule has 2 aromatic carbocycles. The van der Waals surface area contributed by atoms with Crippen LogP contribution in [0.5, 0.6) is 0 Å². The van der Waals surface area contributed by atoms with Crippen molar-refractivity contribution in [1.82, 2.24) is 5.32 Å². The normalized spacial score (nSPS) is 16.7. The fourth-order valence-corrected chi connectivity index (χ4v) is 3.19. The second-order valence-corrected chi connectivity index (χ2v) is 6.50. The molecule has 0 saturated carbocycles. The summed E-state index contributed by atoms with van der Waals surface area (Å²) in [4.78, 5) is 34.7. The van der Waals surface area contributed by atoms with Crippen molar-refractivity contribution in [2.75, 3.05) is 0 Å². The summed E-state index contributed by atoms with van der Waals surface area (Å²) in [6, 6.07) is 13.0. The van der Waals surface area contributed by atoms with E-state index in [1.807, 2.05) is 18.2 Å². The van der Waals surface area contributed by atoms with Gasteiger partial charge in [0.15, 0.2) is 6.10 Å². The van der Waals surface area contributed by atoms with Crippen molar-refractivity contribution in [2.45, 2.75) is 38.3 Å². The van der Waals surface area contributed by atoms with Crippen molar-refractivity contribution >= 4 is 17.6 Å². The number of nitro benzene ring substituents is 1. The zero-order valence-electron chi connectivity index (χ0n) is 14.9. The first-order chi connectivity index (χ1) is 13.0. The highest BCUT2D eigenvalue weighted by Gasteiger charge is 2.25. The standard InChI is InChI=1S/C20H20N2O5/c1-13(27-20(24)15-9-11-16(12-10-15)22(25)26)19(23)21-18-8-4-6-14-5-2-3-7-17(14)18/h2-3,5,7,9-13,18H,4,6,8H2,1H3,(H,21,23)/t13-,18+/m1/s1. The van der Waals surface area contributed by atoms with E-state index in [2.05, 4.69) is 11.4 Å². The number of rotatable bonds is 5. The van der Waals surface area contributed by atoms with Crippen molar-refractivity contribution in [2.24, 2.45) is 0 Å². The predicted molar refractivity (Wildman–Crippen MR) is 98.2 cm³/mol. The highest BCUT2D eigenvalue weighted by Crippen LogP contribution is 2.29. The van der Waals surface area contributed by atoms with Crippen LogP contribution >= 0.6 is 0 Å². The third-order valence-electron chi connectivity index (χ3n) is 4.65. The SMILES string of the molecule is C[C@@H](OC(=O)c1ccc([N+](=O)[O-])cc1)C(=O)N[C@H]1CCCc2ccccc21. The fourth-order valence-electron chi connectivity index (χ4n) is 3.19. The Bertz CT molecular complexity index is 863. The van der Waals surface area contributed by atoms with Gasteiger partial charge in [0.25, 0.3) is 11.6 Å². The van der Waals surface area contributed by atoms with Crippen LogP contribution in [0.25, 0.3) is 0 Å². The van der Waals surface area contributed by atoms with Crippen molar-refractivity contribution in [3.05, 3.63) is 75.3 Å². The number of amides is 1. The molecule has 3 rings (SSSR count). The predicted octanol–water partition coefficient (Wildman–Crippen LogP) is 3.33. The Kier molecular flexibility index (Phi) is 5.49. The van der Waals surface area contributed by atoms with Gasteiger partial charge in [-0.05, 0) is 49.4 Å². The van der Waals surface area contributed by atoms with Crippen LogP contribution in [-0.2, 0) is 16.0 Å². The van der Waals surface area contributed by atoms with Gasteiger partial charge in [0.05, 0.1) is 16.5 Å². The third-order valence-corrected chi connectivity index (χ3v) is 4.65. The van der Waals surface area contributed by atoms with E-state index in [4.69, 9.17) is 4.74 Å². The number of benzene rings is 2. The summed E-state index contributed by atoms with van der Waals surface area (Å²) in [5, 5.41) is 13.6. The number of non-ortho nitro benzene ring substituents is 1. The van der Waals surface area contributed by atoms with E-state index in [0.717, 1.165) is 24.8 Å². The van der Waals surface area contributed by atoms with Crippen molar-refractivity contribution in [3.8, 4) is 0 Å². The largest absolute Gasteiger partial charge is 0.449 e. The van der Waals surface area contributed by atoms with Gasteiger partial charge in [-0.15, -0.1) is 0 Å². The first kappa shape index (κ1) is 18.6. The quantitative estimate of drug-likeness (QED) is 0.496. The Morgan fingerprint density at radius 1 is 1.19 bits per heavy atom. The molecule has 0 saturated heterocycles. The Morgan fingerprint density at radius 2 is 1.89 bits per heavy atom.